The van der Waals surface area contributed by atoms with Crippen molar-refractivity contribution >= 4 is 16.7 Å². The van der Waals surface area contributed by atoms with Crippen LogP contribution in [0.1, 0.15) is 27.8 Å². The van der Waals surface area contributed by atoms with Crippen molar-refractivity contribution in [1.82, 2.24) is 0 Å². The average Bonchev–Trinajstić information content (AvgIpc) is 3.33. The second-order valence-electron chi connectivity index (χ2n) is 8.83. The predicted molar refractivity (Wildman–Crippen MR) is 146 cm³/mol. The summed E-state index contributed by atoms with van der Waals surface area (Å²) in [7, 11) is 0. The summed E-state index contributed by atoms with van der Waals surface area (Å²) in [5.41, 5.74) is 9.09. The Morgan fingerprint density at radius 3 is 1.13 bits per heavy atom. The molecule has 0 fully saturated rings. The smallest absolute Gasteiger partial charge is 1.00 e. The normalized spacial score (nSPS) is 13.1. The number of hydrogen-bond acceptors (Lipinski definition) is 0. The van der Waals surface area contributed by atoms with Crippen molar-refractivity contribution < 1.29 is 55.8 Å². The molecule has 1 radical (unpaired) electrons. The van der Waals surface area contributed by atoms with E-state index in [1.807, 2.05) is 0 Å². The van der Waals surface area contributed by atoms with Crippen molar-refractivity contribution in [2.24, 2.45) is 0 Å². The van der Waals surface area contributed by atoms with Crippen LogP contribution in [0.5, 0.6) is 0 Å². The van der Waals surface area contributed by atoms with Gasteiger partial charge in [-0.2, -0.15) is 11.6 Å². The summed E-state index contributed by atoms with van der Waals surface area (Å²) in [5.74, 6) is 0. The summed E-state index contributed by atoms with van der Waals surface area (Å²) in [6.07, 6.45) is 4.09. The van der Waals surface area contributed by atoms with Gasteiger partial charge in [-0.05, 0) is 16.7 Å². The van der Waals surface area contributed by atoms with Crippen LogP contribution >= 0.6 is 0 Å². The first-order valence-electron chi connectivity index (χ1n) is 12.1. The van der Waals surface area contributed by atoms with Gasteiger partial charge in [0.2, 0.25) is 0 Å². The van der Waals surface area contributed by atoms with Gasteiger partial charge in [0.1, 0.15) is 0 Å². The molecule has 4 heteroatoms. The number of benzene rings is 5. The quantitative estimate of drug-likeness (QED) is 0.238. The maximum Gasteiger partial charge on any atom is 4.00 e. The molecular formula is C35H25Cl3V. The Morgan fingerprint density at radius 1 is 0.385 bits per heavy atom. The zero-order chi connectivity index (χ0) is 23.5. The maximum atomic E-state index is 4.09. The molecule has 0 saturated carbocycles. The molecule has 5 aromatic carbocycles. The topological polar surface area (TPSA) is 0 Å². The maximum absolute atomic E-state index is 4.09. The Morgan fingerprint density at radius 2 is 0.718 bits per heavy atom. The van der Waals surface area contributed by atoms with E-state index in [2.05, 4.69) is 158 Å². The second-order valence-corrected chi connectivity index (χ2v) is 8.83. The van der Waals surface area contributed by atoms with Crippen LogP contribution in [0, 0.1) is 6.08 Å². The average molecular weight is 603 g/mol. The van der Waals surface area contributed by atoms with E-state index in [1.165, 1.54) is 39.0 Å². The standard InChI is InChI=1S/C35H25.3ClH.V/c1-6-16-27(17-7-1)32-26-35(30-22-12-4-13-23-30,31-24-14-5-15-25-31)34(29-20-10-3-11-21-29)33(32)28-18-8-2-9-19-28;;;;/h1-25H;3*1H;/q-1;;;;+4/p-3. The van der Waals surface area contributed by atoms with Gasteiger partial charge in [-0.3, -0.25) is 0 Å². The van der Waals surface area contributed by atoms with Crippen LogP contribution in [0.3, 0.4) is 0 Å². The van der Waals surface area contributed by atoms with Gasteiger partial charge in [0.25, 0.3) is 0 Å². The third-order valence-electron chi connectivity index (χ3n) is 6.79. The van der Waals surface area contributed by atoms with Crippen LogP contribution in [-0.2, 0) is 24.0 Å². The molecule has 0 saturated heterocycles. The fourth-order valence-electron chi connectivity index (χ4n) is 5.28. The van der Waals surface area contributed by atoms with Crippen LogP contribution in [0.4, 0.5) is 0 Å². The van der Waals surface area contributed by atoms with Crippen molar-refractivity contribution in [3.05, 3.63) is 186 Å². The van der Waals surface area contributed by atoms with Crippen molar-refractivity contribution in [3.8, 4) is 0 Å². The number of rotatable bonds is 5. The molecule has 0 atom stereocenters. The largest absolute Gasteiger partial charge is 4.00 e. The van der Waals surface area contributed by atoms with E-state index in [1.54, 1.807) is 0 Å². The molecule has 0 unspecified atom stereocenters. The SMILES string of the molecule is [C-]1=C(c2ccccc2)C(c2ccccc2)=C(c2ccccc2)C1(c1ccccc1)c1ccccc1.[Cl-].[Cl-].[Cl-].[V+4]. The van der Waals surface area contributed by atoms with Gasteiger partial charge in [-0.15, -0.1) is 23.3 Å². The van der Waals surface area contributed by atoms with Gasteiger partial charge in [-0.1, -0.05) is 151 Å². The van der Waals surface area contributed by atoms with Gasteiger partial charge in [0.15, 0.2) is 0 Å². The summed E-state index contributed by atoms with van der Waals surface area (Å²) in [5, 5.41) is 0. The van der Waals surface area contributed by atoms with Crippen molar-refractivity contribution in [1.29, 1.82) is 0 Å². The minimum absolute atomic E-state index is 0. The van der Waals surface area contributed by atoms with Crippen LogP contribution in [0.15, 0.2) is 152 Å². The Hall–Kier alpha value is -2.97. The molecule has 6 rings (SSSR count). The first kappa shape index (κ1) is 32.2. The van der Waals surface area contributed by atoms with Crippen molar-refractivity contribution in [2.75, 3.05) is 0 Å². The van der Waals surface area contributed by atoms with Gasteiger partial charge >= 0.3 is 18.6 Å². The van der Waals surface area contributed by atoms with E-state index in [4.69, 9.17) is 0 Å². The zero-order valence-electron chi connectivity index (χ0n) is 21.0. The molecule has 0 bridgehead atoms. The summed E-state index contributed by atoms with van der Waals surface area (Å²) in [4.78, 5) is 0. The molecule has 0 N–H and O–H groups in total. The molecule has 39 heavy (non-hydrogen) atoms. The molecule has 5 aromatic rings. The molecule has 0 amide bonds. The van der Waals surface area contributed by atoms with Crippen LogP contribution in [0.2, 0.25) is 0 Å². The number of hydrogen-bond donors (Lipinski definition) is 0. The Labute approximate surface area is 262 Å². The van der Waals surface area contributed by atoms with E-state index >= 15 is 0 Å². The van der Waals surface area contributed by atoms with E-state index < -0.39 is 5.41 Å². The molecule has 191 valence electrons. The first-order valence-corrected chi connectivity index (χ1v) is 12.1. The van der Waals surface area contributed by atoms with Gasteiger partial charge in [-0.25, -0.2) is 0 Å². The first-order chi connectivity index (χ1) is 17.4. The zero-order valence-corrected chi connectivity index (χ0v) is 24.7. The van der Waals surface area contributed by atoms with E-state index in [9.17, 15) is 0 Å². The summed E-state index contributed by atoms with van der Waals surface area (Å²) in [6.45, 7) is 0. The second kappa shape index (κ2) is 14.4. The molecule has 0 heterocycles. The molecule has 0 aromatic heterocycles. The summed E-state index contributed by atoms with van der Waals surface area (Å²) < 4.78 is 0. The third kappa shape index (κ3) is 5.97. The Kier molecular flexibility index (Phi) is 11.9. The van der Waals surface area contributed by atoms with Crippen molar-refractivity contribution in [3.63, 3.8) is 0 Å². The Balaban J connectivity index is 0.00000133. The third-order valence-corrected chi connectivity index (χ3v) is 6.79. The summed E-state index contributed by atoms with van der Waals surface area (Å²) >= 11 is 0. The van der Waals surface area contributed by atoms with Gasteiger partial charge < -0.3 is 37.2 Å². The molecule has 1 aliphatic rings. The van der Waals surface area contributed by atoms with Gasteiger partial charge in [0, 0.05) is 5.41 Å². The number of allylic oxidation sites excluding steroid dienone is 4. The molecule has 0 spiro atoms. The molecular weight excluding hydrogens is 578 g/mol. The minimum atomic E-state index is -0.555. The van der Waals surface area contributed by atoms with Crippen LogP contribution in [0.25, 0.3) is 16.7 Å². The fraction of sp³-hybridized carbons (Fsp3) is 0.0286. The summed E-state index contributed by atoms with van der Waals surface area (Å²) in [6, 6.07) is 53.9. The van der Waals surface area contributed by atoms with E-state index in [-0.39, 0.29) is 55.8 Å². The van der Waals surface area contributed by atoms with Crippen LogP contribution in [-0.4, -0.2) is 0 Å². The molecule has 0 aliphatic heterocycles. The fourth-order valence-corrected chi connectivity index (χ4v) is 5.28. The molecule has 0 nitrogen and oxygen atoms in total. The van der Waals surface area contributed by atoms with Crippen molar-refractivity contribution in [2.45, 2.75) is 5.41 Å². The minimum Gasteiger partial charge on any atom is -1.00 e. The number of halogens is 3. The van der Waals surface area contributed by atoms with E-state index in [0.717, 1.165) is 5.57 Å². The predicted octanol–water partition coefficient (Wildman–Crippen LogP) is -0.506. The monoisotopic (exact) mass is 601 g/mol. The van der Waals surface area contributed by atoms with Gasteiger partial charge in [0.05, 0.1) is 0 Å². The van der Waals surface area contributed by atoms with E-state index in [0.29, 0.717) is 0 Å². The van der Waals surface area contributed by atoms with Crippen LogP contribution < -0.4 is 37.2 Å². The Bertz CT molecular complexity index is 1460. The molecule has 1 aliphatic carbocycles.